The molecule has 9 atom stereocenters. The molecule has 5 aliphatic rings. The summed E-state index contributed by atoms with van der Waals surface area (Å²) in [6, 6.07) is 0. The number of imidazole rings is 1. The summed E-state index contributed by atoms with van der Waals surface area (Å²) in [5.41, 5.74) is 4.71. The molecule has 6 N–H and O–H groups in total. The number of carbonyl (C=O) groups excluding carboxylic acids is 3. The molecule has 3 heterocycles. The van der Waals surface area contributed by atoms with E-state index >= 15 is 0 Å². The second kappa shape index (κ2) is 11.3. The number of aliphatic hydroxyl groups is 4. The zero-order chi connectivity index (χ0) is 32.5. The molecule has 2 aromatic heterocycles. The molecule has 7 rings (SSSR count). The third-order valence-corrected chi connectivity index (χ3v) is 11.3. The van der Waals surface area contributed by atoms with Gasteiger partial charge in [-0.2, -0.15) is 9.97 Å². The fourth-order valence-electron chi connectivity index (χ4n) is 8.79. The molecule has 14 heteroatoms. The van der Waals surface area contributed by atoms with Crippen molar-refractivity contribution >= 4 is 45.9 Å². The highest BCUT2D eigenvalue weighted by atomic mass is 35.5. The van der Waals surface area contributed by atoms with Crippen LogP contribution in [0.5, 0.6) is 0 Å². The normalized spacial score (nSPS) is 38.7. The van der Waals surface area contributed by atoms with Crippen LogP contribution in [0.15, 0.2) is 30.1 Å². The van der Waals surface area contributed by atoms with Crippen LogP contribution in [0.3, 0.4) is 0 Å². The van der Waals surface area contributed by atoms with E-state index in [0.717, 1.165) is 18.4 Å². The van der Waals surface area contributed by atoms with Gasteiger partial charge in [0, 0.05) is 29.6 Å². The first kappa shape index (κ1) is 31.9. The number of nitrogens with zero attached hydrogens (tertiary/aromatic N) is 4. The molecular formula is C31H38ClN5O8. The number of carbonyl (C=O) groups is 3. The summed E-state index contributed by atoms with van der Waals surface area (Å²) in [5.74, 6) is -0.404. The Morgan fingerprint density at radius 2 is 1.98 bits per heavy atom. The predicted molar refractivity (Wildman–Crippen MR) is 160 cm³/mol. The molecule has 0 amide bonds. The molecule has 2 aromatic rings. The highest BCUT2D eigenvalue weighted by Crippen LogP contribution is 2.66. The van der Waals surface area contributed by atoms with E-state index in [0.29, 0.717) is 30.4 Å². The molecule has 1 aliphatic heterocycles. The third kappa shape index (κ3) is 4.86. The van der Waals surface area contributed by atoms with Crippen LogP contribution in [0.2, 0.25) is 5.28 Å². The summed E-state index contributed by atoms with van der Waals surface area (Å²) in [6.45, 7) is 2.94. The summed E-state index contributed by atoms with van der Waals surface area (Å²) in [7, 11) is 0. The molecule has 3 saturated carbocycles. The number of ketones is 3. The average molecular weight is 644 g/mol. The van der Waals surface area contributed by atoms with Crippen LogP contribution in [0.4, 0.5) is 5.82 Å². The second-order valence-electron chi connectivity index (χ2n) is 13.3. The van der Waals surface area contributed by atoms with Crippen molar-refractivity contribution < 1.29 is 39.5 Å². The topological polar surface area (TPSA) is 211 Å². The number of halogens is 1. The molecule has 1 saturated heterocycles. The van der Waals surface area contributed by atoms with E-state index in [9.17, 15) is 29.7 Å². The third-order valence-electron chi connectivity index (χ3n) is 11.1. The smallest absolute Gasteiger partial charge is 0.226 e. The highest BCUT2D eigenvalue weighted by Gasteiger charge is 2.68. The number of anilines is 1. The van der Waals surface area contributed by atoms with Crippen LogP contribution in [0.1, 0.15) is 58.6 Å². The lowest BCUT2D eigenvalue weighted by Gasteiger charge is -2.56. The van der Waals surface area contributed by atoms with Gasteiger partial charge in [0.05, 0.1) is 19.0 Å². The molecule has 0 aromatic carbocycles. The zero-order valence-electron chi connectivity index (χ0n) is 25.1. The molecule has 45 heavy (non-hydrogen) atoms. The lowest BCUT2D eigenvalue weighted by Crippen LogP contribution is -2.60. The number of aromatic nitrogens is 4. The van der Waals surface area contributed by atoms with Gasteiger partial charge in [-0.15, -0.1) is 0 Å². The summed E-state index contributed by atoms with van der Waals surface area (Å²) in [5, 5.41) is 39.3. The van der Waals surface area contributed by atoms with Crippen molar-refractivity contribution in [1.29, 1.82) is 0 Å². The average Bonchev–Trinajstić information content (AvgIpc) is 3.66. The number of nitrogen functional groups attached to an aromatic ring is 1. The number of aliphatic hydroxyl groups excluding tert-OH is 3. The first-order valence-corrected chi connectivity index (χ1v) is 15.6. The number of rotatable bonds is 4. The molecule has 4 fully saturated rings. The maximum absolute atomic E-state index is 13.3. The SMILES string of the molecule is C[C@]12C=CC(=O)C=C1CC[C@@H]1[C@@H]2C(=O)C[C@@]2(C)[C@H]1CC[C@]2(O)C(=O)CO.Nc1nc(Cl)nc2c1ncn2[C@H]1C[C@H](O)[C@@H](CO)O1. The fourth-order valence-corrected chi connectivity index (χ4v) is 8.97. The van der Waals surface area contributed by atoms with Crippen LogP contribution < -0.4 is 5.73 Å². The van der Waals surface area contributed by atoms with Crippen LogP contribution in [-0.4, -0.2) is 88.3 Å². The van der Waals surface area contributed by atoms with E-state index < -0.39 is 47.3 Å². The Kier molecular flexibility index (Phi) is 8.02. The summed E-state index contributed by atoms with van der Waals surface area (Å²) in [4.78, 5) is 49.4. The van der Waals surface area contributed by atoms with Crippen molar-refractivity contribution in [2.45, 2.75) is 76.4 Å². The molecular weight excluding hydrogens is 606 g/mol. The van der Waals surface area contributed by atoms with Crippen molar-refractivity contribution in [1.82, 2.24) is 19.5 Å². The van der Waals surface area contributed by atoms with Crippen molar-refractivity contribution in [3.63, 3.8) is 0 Å². The predicted octanol–water partition coefficient (Wildman–Crippen LogP) is 1.47. The van der Waals surface area contributed by atoms with Gasteiger partial charge in [-0.3, -0.25) is 19.0 Å². The minimum atomic E-state index is -1.62. The van der Waals surface area contributed by atoms with Crippen molar-refractivity contribution in [3.8, 4) is 0 Å². The quantitative estimate of drug-likeness (QED) is 0.300. The number of Topliss-reactive ketones (excluding diaryl/α,β-unsaturated/α-hetero) is 2. The number of ether oxygens (including phenoxy) is 1. The van der Waals surface area contributed by atoms with Gasteiger partial charge in [0.1, 0.15) is 35.8 Å². The Hall–Kier alpha value is -3.07. The Bertz CT molecular complexity index is 1630. The van der Waals surface area contributed by atoms with E-state index in [1.54, 1.807) is 16.7 Å². The van der Waals surface area contributed by atoms with Crippen LogP contribution in [0, 0.1) is 28.6 Å². The van der Waals surface area contributed by atoms with Gasteiger partial charge < -0.3 is 30.9 Å². The van der Waals surface area contributed by atoms with Gasteiger partial charge in [0.2, 0.25) is 5.28 Å². The maximum Gasteiger partial charge on any atom is 0.226 e. The Morgan fingerprint density at radius 3 is 2.67 bits per heavy atom. The van der Waals surface area contributed by atoms with Crippen molar-refractivity contribution in [2.75, 3.05) is 18.9 Å². The molecule has 4 aliphatic carbocycles. The minimum Gasteiger partial charge on any atom is -0.394 e. The number of hydrogen-bond acceptors (Lipinski definition) is 12. The monoisotopic (exact) mass is 643 g/mol. The van der Waals surface area contributed by atoms with Gasteiger partial charge in [0.15, 0.2) is 23.0 Å². The van der Waals surface area contributed by atoms with Gasteiger partial charge in [0.25, 0.3) is 0 Å². The second-order valence-corrected chi connectivity index (χ2v) is 13.7. The molecule has 0 spiro atoms. The van der Waals surface area contributed by atoms with Crippen molar-refractivity contribution in [2.24, 2.45) is 28.6 Å². The number of allylic oxidation sites excluding steroid dienone is 4. The molecule has 242 valence electrons. The molecule has 13 nitrogen and oxygen atoms in total. The Morgan fingerprint density at radius 1 is 1.22 bits per heavy atom. The largest absolute Gasteiger partial charge is 0.394 e. The Balaban J connectivity index is 0.000000167. The van der Waals surface area contributed by atoms with Crippen molar-refractivity contribution in [3.05, 3.63) is 35.4 Å². The van der Waals surface area contributed by atoms with Crippen LogP contribution in [-0.2, 0) is 19.1 Å². The van der Waals surface area contributed by atoms with Gasteiger partial charge in [-0.25, -0.2) is 4.98 Å². The number of nitrogens with two attached hydrogens (primary N) is 1. The maximum atomic E-state index is 13.3. The first-order chi connectivity index (χ1) is 21.3. The van der Waals surface area contributed by atoms with Crippen LogP contribution >= 0.6 is 11.6 Å². The van der Waals surface area contributed by atoms with E-state index in [1.807, 2.05) is 19.9 Å². The molecule has 0 bridgehead atoms. The molecule has 0 radical (unpaired) electrons. The number of hydrogen-bond donors (Lipinski definition) is 5. The zero-order valence-corrected chi connectivity index (χ0v) is 25.9. The van der Waals surface area contributed by atoms with Crippen LogP contribution in [0.25, 0.3) is 11.2 Å². The Labute approximate surface area is 264 Å². The van der Waals surface area contributed by atoms with E-state index in [1.165, 1.54) is 6.33 Å². The highest BCUT2D eigenvalue weighted by molar-refractivity contribution is 6.28. The molecule has 0 unspecified atom stereocenters. The minimum absolute atomic E-state index is 0.0176. The van der Waals surface area contributed by atoms with Gasteiger partial charge in [-0.1, -0.05) is 25.5 Å². The fraction of sp³-hybridized carbons (Fsp3) is 0.613. The lowest BCUT2D eigenvalue weighted by atomic mass is 9.46. The standard InChI is InChI=1S/C21H26O5.C10H12ClN5O3/c1-19-7-5-13(23)9-12(19)3-4-14-15-6-8-21(26,17(25)11-22)20(15,2)10-16(24)18(14)19;11-10-14-8(12)7-9(15-10)16(3-13-7)6-1-4(18)5(2-17)19-6/h5,7,9,14-15,18,22,26H,3-4,6,8,10-11H2,1-2H3;3-6,17-18H,1-2H2,(H2,12,14,15)/t14-,15-,18+,19-,20-,21-;4-,5+,6+/m00/s1. The first-order valence-electron chi connectivity index (χ1n) is 15.2. The summed E-state index contributed by atoms with van der Waals surface area (Å²) < 4.78 is 7.16. The van der Waals surface area contributed by atoms with E-state index in [-0.39, 0.29) is 53.4 Å². The van der Waals surface area contributed by atoms with E-state index in [4.69, 9.17) is 27.2 Å². The van der Waals surface area contributed by atoms with E-state index in [2.05, 4.69) is 15.0 Å². The summed E-state index contributed by atoms with van der Waals surface area (Å²) in [6.07, 6.45) is 7.84. The van der Waals surface area contributed by atoms with Gasteiger partial charge >= 0.3 is 0 Å². The van der Waals surface area contributed by atoms with Gasteiger partial charge in [-0.05, 0) is 61.3 Å². The lowest BCUT2D eigenvalue weighted by molar-refractivity contribution is -0.168. The summed E-state index contributed by atoms with van der Waals surface area (Å²) >= 11 is 5.77. The number of fused-ring (bicyclic) bond motifs is 6.